The van der Waals surface area contributed by atoms with Crippen molar-refractivity contribution in [3.63, 3.8) is 0 Å². The van der Waals surface area contributed by atoms with Crippen molar-refractivity contribution in [2.75, 3.05) is 5.32 Å². The first-order valence-electron chi connectivity index (χ1n) is 5.13. The fourth-order valence-electron chi connectivity index (χ4n) is 1.49. The number of hydrogen-bond donors (Lipinski definition) is 1. The molecule has 1 atom stereocenters. The first-order chi connectivity index (χ1) is 8.16. The van der Waals surface area contributed by atoms with Crippen LogP contribution < -0.4 is 5.32 Å². The van der Waals surface area contributed by atoms with Crippen LogP contribution in [0.4, 0.5) is 5.69 Å². The van der Waals surface area contributed by atoms with Gasteiger partial charge in [0.05, 0.1) is 28.1 Å². The molecule has 1 heterocycles. The van der Waals surface area contributed by atoms with Crippen LogP contribution in [0.25, 0.3) is 0 Å². The van der Waals surface area contributed by atoms with Gasteiger partial charge >= 0.3 is 0 Å². The molecule has 0 saturated carbocycles. The summed E-state index contributed by atoms with van der Waals surface area (Å²) in [5.41, 5.74) is 1.93. The molecule has 3 nitrogen and oxygen atoms in total. The van der Waals surface area contributed by atoms with E-state index in [2.05, 4.69) is 15.3 Å². The highest BCUT2D eigenvalue weighted by Crippen LogP contribution is 2.26. The fourth-order valence-corrected chi connectivity index (χ4v) is 1.80. The molecule has 0 aliphatic rings. The maximum Gasteiger partial charge on any atom is 0.115 e. The number of aromatic nitrogens is 2. The van der Waals surface area contributed by atoms with Gasteiger partial charge in [-0.2, -0.15) is 0 Å². The number of rotatable bonds is 3. The van der Waals surface area contributed by atoms with E-state index >= 15 is 0 Å². The van der Waals surface area contributed by atoms with Crippen LogP contribution in [0.2, 0.25) is 10.0 Å². The van der Waals surface area contributed by atoms with E-state index in [0.717, 1.165) is 11.3 Å². The summed E-state index contributed by atoms with van der Waals surface area (Å²) in [7, 11) is 0. The monoisotopic (exact) mass is 267 g/mol. The fraction of sp³-hybridized carbons (Fsp3) is 0.167. The van der Waals surface area contributed by atoms with Gasteiger partial charge in [0.25, 0.3) is 0 Å². The Morgan fingerprint density at radius 2 is 1.82 bits per heavy atom. The van der Waals surface area contributed by atoms with E-state index in [1.807, 2.05) is 19.1 Å². The standard InChI is InChI=1S/C12H11Cl2N3/c1-8(17-10-5-15-7-16-6-10)9-2-3-11(13)12(14)4-9/h2-8,17H,1H3. The maximum absolute atomic E-state index is 5.98. The van der Waals surface area contributed by atoms with Gasteiger partial charge in [-0.05, 0) is 24.6 Å². The summed E-state index contributed by atoms with van der Waals surface area (Å²) in [6.07, 6.45) is 4.94. The molecule has 2 rings (SSSR count). The minimum Gasteiger partial charge on any atom is -0.376 e. The van der Waals surface area contributed by atoms with Gasteiger partial charge in [0.15, 0.2) is 0 Å². The van der Waals surface area contributed by atoms with Gasteiger partial charge in [0.1, 0.15) is 6.33 Å². The summed E-state index contributed by atoms with van der Waals surface area (Å²) >= 11 is 11.8. The van der Waals surface area contributed by atoms with Gasteiger partial charge in [-0.3, -0.25) is 0 Å². The molecule has 1 unspecified atom stereocenters. The van der Waals surface area contributed by atoms with Crippen LogP contribution in [0, 0.1) is 0 Å². The van der Waals surface area contributed by atoms with Gasteiger partial charge in [0.2, 0.25) is 0 Å². The summed E-state index contributed by atoms with van der Waals surface area (Å²) < 4.78 is 0. The molecule has 2 aromatic rings. The lowest BCUT2D eigenvalue weighted by Crippen LogP contribution is -2.06. The third-order valence-electron chi connectivity index (χ3n) is 2.39. The van der Waals surface area contributed by atoms with E-state index in [1.165, 1.54) is 6.33 Å². The van der Waals surface area contributed by atoms with Crippen LogP contribution in [0.3, 0.4) is 0 Å². The molecule has 0 aliphatic heterocycles. The lowest BCUT2D eigenvalue weighted by molar-refractivity contribution is 0.880. The number of nitrogens with zero attached hydrogens (tertiary/aromatic N) is 2. The van der Waals surface area contributed by atoms with E-state index in [1.54, 1.807) is 18.5 Å². The Balaban J connectivity index is 2.14. The summed E-state index contributed by atoms with van der Waals surface area (Å²) in [5, 5.41) is 4.40. The van der Waals surface area contributed by atoms with Gasteiger partial charge in [-0.15, -0.1) is 0 Å². The molecule has 1 aromatic carbocycles. The van der Waals surface area contributed by atoms with Crippen molar-refractivity contribution in [2.24, 2.45) is 0 Å². The molecule has 0 amide bonds. The second-order valence-electron chi connectivity index (χ2n) is 3.67. The molecule has 1 aromatic heterocycles. The van der Waals surface area contributed by atoms with Crippen molar-refractivity contribution >= 4 is 28.9 Å². The van der Waals surface area contributed by atoms with Gasteiger partial charge in [-0.1, -0.05) is 29.3 Å². The molecule has 88 valence electrons. The first-order valence-corrected chi connectivity index (χ1v) is 5.89. The SMILES string of the molecule is CC(Nc1cncnc1)c1ccc(Cl)c(Cl)c1. The number of nitrogens with one attached hydrogen (secondary N) is 1. The average Bonchev–Trinajstić information content (AvgIpc) is 2.34. The number of hydrogen-bond acceptors (Lipinski definition) is 3. The highest BCUT2D eigenvalue weighted by Gasteiger charge is 2.07. The summed E-state index contributed by atoms with van der Waals surface area (Å²) in [6.45, 7) is 2.03. The van der Waals surface area contributed by atoms with Crippen LogP contribution in [0.15, 0.2) is 36.9 Å². The molecular formula is C12H11Cl2N3. The number of benzene rings is 1. The predicted molar refractivity (Wildman–Crippen MR) is 70.5 cm³/mol. The topological polar surface area (TPSA) is 37.8 Å². The van der Waals surface area contributed by atoms with Gasteiger partial charge < -0.3 is 5.32 Å². The largest absolute Gasteiger partial charge is 0.376 e. The Hall–Kier alpha value is -1.32. The van der Waals surface area contributed by atoms with Crippen LogP contribution in [0.5, 0.6) is 0 Å². The molecule has 0 aliphatic carbocycles. The zero-order valence-corrected chi connectivity index (χ0v) is 10.7. The van der Waals surface area contributed by atoms with E-state index in [-0.39, 0.29) is 6.04 Å². The van der Waals surface area contributed by atoms with Crippen LogP contribution in [-0.2, 0) is 0 Å². The smallest absolute Gasteiger partial charge is 0.115 e. The molecule has 0 radical (unpaired) electrons. The lowest BCUT2D eigenvalue weighted by Gasteiger charge is -2.15. The Morgan fingerprint density at radius 3 is 2.47 bits per heavy atom. The van der Waals surface area contributed by atoms with Crippen molar-refractivity contribution < 1.29 is 0 Å². The number of halogens is 2. The van der Waals surface area contributed by atoms with Crippen LogP contribution >= 0.6 is 23.2 Å². The van der Waals surface area contributed by atoms with E-state index in [4.69, 9.17) is 23.2 Å². The molecule has 17 heavy (non-hydrogen) atoms. The van der Waals surface area contributed by atoms with E-state index in [0.29, 0.717) is 10.0 Å². The van der Waals surface area contributed by atoms with E-state index < -0.39 is 0 Å². The molecule has 0 spiro atoms. The zero-order valence-electron chi connectivity index (χ0n) is 9.19. The molecule has 0 fully saturated rings. The number of anilines is 1. The minimum absolute atomic E-state index is 0.107. The van der Waals surface area contributed by atoms with Crippen molar-refractivity contribution in [1.82, 2.24) is 9.97 Å². The second kappa shape index (κ2) is 5.34. The third-order valence-corrected chi connectivity index (χ3v) is 3.13. The molecule has 1 N–H and O–H groups in total. The van der Waals surface area contributed by atoms with Crippen LogP contribution in [-0.4, -0.2) is 9.97 Å². The summed E-state index contributed by atoms with van der Waals surface area (Å²) in [6, 6.07) is 5.69. The predicted octanol–water partition coefficient (Wildman–Crippen LogP) is 3.96. The minimum atomic E-state index is 0.107. The Kier molecular flexibility index (Phi) is 3.82. The van der Waals surface area contributed by atoms with Crippen molar-refractivity contribution in [1.29, 1.82) is 0 Å². The molecule has 0 bridgehead atoms. The molecular weight excluding hydrogens is 257 g/mol. The third kappa shape index (κ3) is 3.08. The normalized spacial score (nSPS) is 12.2. The molecule has 0 saturated heterocycles. The Morgan fingerprint density at radius 1 is 1.12 bits per heavy atom. The molecule has 5 heteroatoms. The maximum atomic E-state index is 5.98. The Bertz CT molecular complexity index is 502. The van der Waals surface area contributed by atoms with Gasteiger partial charge in [-0.25, -0.2) is 9.97 Å². The van der Waals surface area contributed by atoms with Crippen molar-refractivity contribution in [2.45, 2.75) is 13.0 Å². The van der Waals surface area contributed by atoms with Gasteiger partial charge in [0, 0.05) is 6.04 Å². The highest BCUT2D eigenvalue weighted by molar-refractivity contribution is 6.42. The summed E-state index contributed by atoms with van der Waals surface area (Å²) in [5.74, 6) is 0. The zero-order chi connectivity index (χ0) is 12.3. The lowest BCUT2D eigenvalue weighted by atomic mass is 10.1. The summed E-state index contributed by atoms with van der Waals surface area (Å²) in [4.78, 5) is 7.88. The van der Waals surface area contributed by atoms with Crippen molar-refractivity contribution in [3.8, 4) is 0 Å². The first kappa shape index (κ1) is 12.1. The highest BCUT2D eigenvalue weighted by atomic mass is 35.5. The average molecular weight is 268 g/mol. The van der Waals surface area contributed by atoms with Crippen molar-refractivity contribution in [3.05, 3.63) is 52.5 Å². The Labute approximate surface area is 110 Å². The van der Waals surface area contributed by atoms with E-state index in [9.17, 15) is 0 Å². The quantitative estimate of drug-likeness (QED) is 0.915. The van der Waals surface area contributed by atoms with Crippen LogP contribution in [0.1, 0.15) is 18.5 Å². The second-order valence-corrected chi connectivity index (χ2v) is 4.48.